The van der Waals surface area contributed by atoms with E-state index in [0.29, 0.717) is 6.42 Å². The lowest BCUT2D eigenvalue weighted by Gasteiger charge is -2.22. The SMILES string of the molecule is CC1CC(=O)NN=C1c1ccc(NC(=O)C2CCSCN2)cc1. The maximum Gasteiger partial charge on any atom is 0.241 e. The summed E-state index contributed by atoms with van der Waals surface area (Å²) in [5.74, 6) is 1.87. The van der Waals surface area contributed by atoms with Gasteiger partial charge >= 0.3 is 0 Å². The molecule has 2 heterocycles. The lowest BCUT2D eigenvalue weighted by atomic mass is 9.94. The molecule has 1 aromatic carbocycles. The maximum atomic E-state index is 12.2. The summed E-state index contributed by atoms with van der Waals surface area (Å²) in [5.41, 5.74) is 5.12. The number of rotatable bonds is 3. The minimum atomic E-state index is -0.117. The van der Waals surface area contributed by atoms with Gasteiger partial charge in [-0.15, -0.1) is 11.8 Å². The normalized spacial score (nSPS) is 24.6. The first-order chi connectivity index (χ1) is 11.1. The van der Waals surface area contributed by atoms with E-state index in [-0.39, 0.29) is 23.8 Å². The van der Waals surface area contributed by atoms with Crippen LogP contribution in [-0.2, 0) is 9.59 Å². The van der Waals surface area contributed by atoms with E-state index in [1.165, 1.54) is 0 Å². The van der Waals surface area contributed by atoms with Crippen LogP contribution < -0.4 is 16.1 Å². The number of nitrogens with zero attached hydrogens (tertiary/aromatic N) is 1. The van der Waals surface area contributed by atoms with Gasteiger partial charge in [0.2, 0.25) is 11.8 Å². The van der Waals surface area contributed by atoms with Crippen molar-refractivity contribution in [1.82, 2.24) is 10.7 Å². The molecule has 2 atom stereocenters. The summed E-state index contributed by atoms with van der Waals surface area (Å²) in [6.07, 6.45) is 1.30. The molecule has 3 rings (SSSR count). The van der Waals surface area contributed by atoms with Gasteiger partial charge in [-0.1, -0.05) is 19.1 Å². The minimum absolute atomic E-state index is 0.00804. The van der Waals surface area contributed by atoms with E-state index < -0.39 is 0 Å². The van der Waals surface area contributed by atoms with E-state index >= 15 is 0 Å². The van der Waals surface area contributed by atoms with Crippen molar-refractivity contribution >= 4 is 35.0 Å². The Bertz CT molecular complexity index is 623. The van der Waals surface area contributed by atoms with Gasteiger partial charge in [0.25, 0.3) is 0 Å². The van der Waals surface area contributed by atoms with Crippen LogP contribution in [0.3, 0.4) is 0 Å². The molecule has 122 valence electrons. The van der Waals surface area contributed by atoms with Crippen LogP contribution in [0, 0.1) is 5.92 Å². The van der Waals surface area contributed by atoms with Crippen molar-refractivity contribution in [3.8, 4) is 0 Å². The van der Waals surface area contributed by atoms with Crippen molar-refractivity contribution in [2.24, 2.45) is 11.0 Å². The van der Waals surface area contributed by atoms with Gasteiger partial charge < -0.3 is 5.32 Å². The monoisotopic (exact) mass is 332 g/mol. The topological polar surface area (TPSA) is 82.6 Å². The van der Waals surface area contributed by atoms with E-state index in [1.54, 1.807) is 11.8 Å². The van der Waals surface area contributed by atoms with Crippen molar-refractivity contribution < 1.29 is 9.59 Å². The number of amides is 2. The largest absolute Gasteiger partial charge is 0.325 e. The zero-order valence-electron chi connectivity index (χ0n) is 13.0. The Labute approximate surface area is 139 Å². The number of anilines is 1. The third-order valence-electron chi connectivity index (χ3n) is 4.01. The van der Waals surface area contributed by atoms with Crippen molar-refractivity contribution in [3.63, 3.8) is 0 Å². The summed E-state index contributed by atoms with van der Waals surface area (Å²) in [5, 5.41) is 10.3. The highest BCUT2D eigenvalue weighted by Gasteiger charge is 2.22. The number of carbonyl (C=O) groups excluding carboxylic acids is 2. The number of benzene rings is 1. The fourth-order valence-electron chi connectivity index (χ4n) is 2.71. The van der Waals surface area contributed by atoms with Gasteiger partial charge in [-0.05, 0) is 29.9 Å². The Morgan fingerprint density at radius 3 is 2.78 bits per heavy atom. The molecule has 23 heavy (non-hydrogen) atoms. The summed E-state index contributed by atoms with van der Waals surface area (Å²) in [6, 6.07) is 7.47. The fourth-order valence-corrected chi connectivity index (χ4v) is 3.58. The molecular weight excluding hydrogens is 312 g/mol. The molecule has 0 aromatic heterocycles. The molecule has 1 fully saturated rings. The highest BCUT2D eigenvalue weighted by Crippen LogP contribution is 2.19. The first kappa shape index (κ1) is 16.0. The van der Waals surface area contributed by atoms with Crippen molar-refractivity contribution in [2.75, 3.05) is 16.9 Å². The Kier molecular flexibility index (Phi) is 4.97. The van der Waals surface area contributed by atoms with E-state index in [9.17, 15) is 9.59 Å². The van der Waals surface area contributed by atoms with Crippen LogP contribution in [0.4, 0.5) is 5.69 Å². The molecule has 1 aromatic rings. The van der Waals surface area contributed by atoms with Gasteiger partial charge in [-0.25, -0.2) is 5.43 Å². The van der Waals surface area contributed by atoms with Crippen LogP contribution in [0.15, 0.2) is 29.4 Å². The number of carbonyl (C=O) groups is 2. The van der Waals surface area contributed by atoms with Crippen LogP contribution in [-0.4, -0.2) is 35.2 Å². The standard InChI is InChI=1S/C16H20N4O2S/c1-10-8-14(21)19-20-15(10)11-2-4-12(5-3-11)18-16(22)13-6-7-23-9-17-13/h2-5,10,13,17H,6-9H2,1H3,(H,18,22)(H,19,21). The third kappa shape index (κ3) is 3.92. The lowest BCUT2D eigenvalue weighted by Crippen LogP contribution is -2.43. The van der Waals surface area contributed by atoms with Crippen molar-refractivity contribution in [1.29, 1.82) is 0 Å². The predicted octanol–water partition coefficient (Wildman–Crippen LogP) is 1.54. The highest BCUT2D eigenvalue weighted by atomic mass is 32.2. The molecule has 0 aliphatic carbocycles. The Morgan fingerprint density at radius 1 is 1.35 bits per heavy atom. The number of thioether (sulfide) groups is 1. The molecule has 6 nitrogen and oxygen atoms in total. The first-order valence-electron chi connectivity index (χ1n) is 7.72. The van der Waals surface area contributed by atoms with E-state index in [1.807, 2.05) is 31.2 Å². The van der Waals surface area contributed by atoms with Gasteiger partial charge in [-0.3, -0.25) is 14.9 Å². The molecule has 1 saturated heterocycles. The smallest absolute Gasteiger partial charge is 0.241 e. The van der Waals surface area contributed by atoms with Crippen molar-refractivity contribution in [3.05, 3.63) is 29.8 Å². The molecule has 7 heteroatoms. The summed E-state index contributed by atoms with van der Waals surface area (Å²) in [4.78, 5) is 23.5. The molecule has 3 N–H and O–H groups in total. The first-order valence-corrected chi connectivity index (χ1v) is 8.88. The van der Waals surface area contributed by atoms with Gasteiger partial charge in [0, 0.05) is 23.9 Å². The second-order valence-electron chi connectivity index (χ2n) is 5.80. The van der Waals surface area contributed by atoms with Crippen LogP contribution in [0.5, 0.6) is 0 Å². The summed E-state index contributed by atoms with van der Waals surface area (Å²) in [6.45, 7) is 1.99. The fraction of sp³-hybridized carbons (Fsp3) is 0.438. The average Bonchev–Trinajstić information content (AvgIpc) is 2.57. The third-order valence-corrected chi connectivity index (χ3v) is 4.90. The zero-order chi connectivity index (χ0) is 16.2. The molecule has 0 spiro atoms. The summed E-state index contributed by atoms with van der Waals surface area (Å²) in [7, 11) is 0. The molecule has 0 bridgehead atoms. The quantitative estimate of drug-likeness (QED) is 0.784. The Morgan fingerprint density at radius 2 is 2.13 bits per heavy atom. The van der Waals surface area contributed by atoms with E-state index in [0.717, 1.165) is 35.0 Å². The van der Waals surface area contributed by atoms with Crippen LogP contribution >= 0.6 is 11.8 Å². The lowest BCUT2D eigenvalue weighted by molar-refractivity contribution is -0.122. The average molecular weight is 332 g/mol. The molecular formula is C16H20N4O2S. The molecule has 0 saturated carbocycles. The van der Waals surface area contributed by atoms with Gasteiger partial charge in [0.05, 0.1) is 11.8 Å². The number of nitrogens with one attached hydrogen (secondary N) is 3. The molecule has 0 radical (unpaired) electrons. The van der Waals surface area contributed by atoms with Gasteiger partial charge in [-0.2, -0.15) is 5.10 Å². The number of hydrogen-bond donors (Lipinski definition) is 3. The highest BCUT2D eigenvalue weighted by molar-refractivity contribution is 7.99. The number of hydrogen-bond acceptors (Lipinski definition) is 5. The molecule has 2 aliphatic rings. The van der Waals surface area contributed by atoms with Crippen LogP contribution in [0.2, 0.25) is 0 Å². The predicted molar refractivity (Wildman–Crippen MR) is 92.4 cm³/mol. The van der Waals surface area contributed by atoms with E-state index in [2.05, 4.69) is 21.2 Å². The van der Waals surface area contributed by atoms with Gasteiger partial charge in [0.1, 0.15) is 0 Å². The Balaban J connectivity index is 1.65. The zero-order valence-corrected chi connectivity index (χ0v) is 13.8. The second-order valence-corrected chi connectivity index (χ2v) is 6.91. The molecule has 2 aliphatic heterocycles. The van der Waals surface area contributed by atoms with Crippen LogP contribution in [0.25, 0.3) is 0 Å². The second kappa shape index (κ2) is 7.14. The maximum absolute atomic E-state index is 12.2. The van der Waals surface area contributed by atoms with Crippen LogP contribution in [0.1, 0.15) is 25.3 Å². The molecule has 2 unspecified atom stereocenters. The Hall–Kier alpha value is -1.86. The van der Waals surface area contributed by atoms with Gasteiger partial charge in [0.15, 0.2) is 0 Å². The summed E-state index contributed by atoms with van der Waals surface area (Å²) < 4.78 is 0. The minimum Gasteiger partial charge on any atom is -0.325 e. The number of hydrazone groups is 1. The summed E-state index contributed by atoms with van der Waals surface area (Å²) >= 11 is 1.81. The molecule has 2 amide bonds. The van der Waals surface area contributed by atoms with Crippen molar-refractivity contribution in [2.45, 2.75) is 25.8 Å². The van der Waals surface area contributed by atoms with E-state index in [4.69, 9.17) is 0 Å².